The zero-order chi connectivity index (χ0) is 12.2. The van der Waals surface area contributed by atoms with E-state index >= 15 is 0 Å². The molecule has 3 N–H and O–H groups in total. The quantitative estimate of drug-likeness (QED) is 0.491. The van der Waals surface area contributed by atoms with Gasteiger partial charge in [0.1, 0.15) is 0 Å². The number of guanidine groups is 1. The van der Waals surface area contributed by atoms with Gasteiger partial charge in [0, 0.05) is 5.54 Å². The van der Waals surface area contributed by atoms with Crippen LogP contribution >= 0.6 is 24.0 Å². The molecular weight excluding hydrogens is 325 g/mol. The third-order valence-corrected chi connectivity index (χ3v) is 2.18. The van der Waals surface area contributed by atoms with Crippen LogP contribution in [0.2, 0.25) is 0 Å². The monoisotopic (exact) mass is 347 g/mol. The zero-order valence-electron chi connectivity index (χ0n) is 10.9. The summed E-state index contributed by atoms with van der Waals surface area (Å²) in [6.07, 6.45) is 0. The smallest absolute Gasteiger partial charge is 0.189 e. The molecule has 0 fully saturated rings. The summed E-state index contributed by atoms with van der Waals surface area (Å²) >= 11 is 0. The molecule has 0 aliphatic rings. The molecule has 4 heteroatoms. The van der Waals surface area contributed by atoms with E-state index in [9.17, 15) is 0 Å². The van der Waals surface area contributed by atoms with E-state index in [1.165, 1.54) is 11.1 Å². The number of aryl methyl sites for hydroxylation is 1. The first-order valence-electron chi connectivity index (χ1n) is 5.51. The highest BCUT2D eigenvalue weighted by Crippen LogP contribution is 2.08. The van der Waals surface area contributed by atoms with Crippen LogP contribution in [0.3, 0.4) is 0 Å². The summed E-state index contributed by atoms with van der Waals surface area (Å²) in [4.78, 5) is 4.32. The van der Waals surface area contributed by atoms with E-state index in [0.717, 1.165) is 0 Å². The van der Waals surface area contributed by atoms with Crippen molar-refractivity contribution < 1.29 is 0 Å². The lowest BCUT2D eigenvalue weighted by atomic mass is 10.1. The molecular formula is C13H22IN3. The molecule has 0 bridgehead atoms. The van der Waals surface area contributed by atoms with Crippen molar-refractivity contribution in [3.8, 4) is 0 Å². The fraction of sp³-hybridized carbons (Fsp3) is 0.462. The lowest BCUT2D eigenvalue weighted by Crippen LogP contribution is -2.44. The van der Waals surface area contributed by atoms with E-state index in [-0.39, 0.29) is 29.5 Å². The first kappa shape index (κ1) is 16.2. The number of nitrogens with one attached hydrogen (secondary N) is 1. The molecule has 0 saturated carbocycles. The largest absolute Gasteiger partial charge is 0.370 e. The van der Waals surface area contributed by atoms with Crippen molar-refractivity contribution in [1.29, 1.82) is 0 Å². The van der Waals surface area contributed by atoms with Gasteiger partial charge in [0.05, 0.1) is 6.54 Å². The van der Waals surface area contributed by atoms with Gasteiger partial charge in [-0.05, 0) is 38.8 Å². The van der Waals surface area contributed by atoms with Gasteiger partial charge < -0.3 is 11.1 Å². The molecule has 0 aliphatic carbocycles. The Labute approximate surface area is 121 Å². The van der Waals surface area contributed by atoms with Crippen LogP contribution in [-0.4, -0.2) is 11.5 Å². The average Bonchev–Trinajstić information content (AvgIpc) is 2.14. The second kappa shape index (κ2) is 6.83. The third kappa shape index (κ3) is 6.51. The van der Waals surface area contributed by atoms with Crippen molar-refractivity contribution in [2.45, 2.75) is 39.8 Å². The van der Waals surface area contributed by atoms with Crippen LogP contribution in [0.5, 0.6) is 0 Å². The standard InChI is InChI=1S/C13H21N3.HI/c1-10-7-5-6-8-11(10)9-15-12(14)16-13(2,3)4;/h5-8H,9H2,1-4H3,(H3,14,15,16);1H. The summed E-state index contributed by atoms with van der Waals surface area (Å²) in [6, 6.07) is 8.20. The molecule has 0 spiro atoms. The molecule has 0 atom stereocenters. The molecule has 0 amide bonds. The Morgan fingerprint density at radius 1 is 1.29 bits per heavy atom. The number of halogens is 1. The minimum Gasteiger partial charge on any atom is -0.370 e. The van der Waals surface area contributed by atoms with Gasteiger partial charge in [-0.15, -0.1) is 24.0 Å². The Balaban J connectivity index is 0.00000256. The SMILES string of the molecule is Cc1ccccc1CN=C(N)NC(C)(C)C.I. The van der Waals surface area contributed by atoms with Gasteiger partial charge in [0.2, 0.25) is 0 Å². The fourth-order valence-electron chi connectivity index (χ4n) is 1.38. The Morgan fingerprint density at radius 3 is 2.41 bits per heavy atom. The van der Waals surface area contributed by atoms with Crippen molar-refractivity contribution in [2.24, 2.45) is 10.7 Å². The summed E-state index contributed by atoms with van der Waals surface area (Å²) in [5, 5.41) is 3.14. The van der Waals surface area contributed by atoms with Crippen LogP contribution in [0.25, 0.3) is 0 Å². The Bertz CT molecular complexity index is 380. The molecule has 1 aromatic carbocycles. The van der Waals surface area contributed by atoms with Crippen LogP contribution < -0.4 is 11.1 Å². The summed E-state index contributed by atoms with van der Waals surface area (Å²) in [5.41, 5.74) is 8.21. The Morgan fingerprint density at radius 2 is 1.88 bits per heavy atom. The lowest BCUT2D eigenvalue weighted by Gasteiger charge is -2.21. The lowest BCUT2D eigenvalue weighted by molar-refractivity contribution is 0.508. The predicted octanol–water partition coefficient (Wildman–Crippen LogP) is 2.82. The van der Waals surface area contributed by atoms with E-state index in [4.69, 9.17) is 5.73 Å². The number of hydrogen-bond donors (Lipinski definition) is 2. The highest BCUT2D eigenvalue weighted by Gasteiger charge is 2.09. The van der Waals surface area contributed by atoms with Gasteiger partial charge in [0.15, 0.2) is 5.96 Å². The minimum absolute atomic E-state index is 0. The average molecular weight is 347 g/mol. The van der Waals surface area contributed by atoms with Crippen LogP contribution in [0.15, 0.2) is 29.3 Å². The predicted molar refractivity (Wildman–Crippen MR) is 84.8 cm³/mol. The summed E-state index contributed by atoms with van der Waals surface area (Å²) in [7, 11) is 0. The number of hydrogen-bond acceptors (Lipinski definition) is 1. The van der Waals surface area contributed by atoms with Gasteiger partial charge in [-0.2, -0.15) is 0 Å². The van der Waals surface area contributed by atoms with Gasteiger partial charge in [-0.25, -0.2) is 4.99 Å². The minimum atomic E-state index is -0.0423. The molecule has 0 aromatic heterocycles. The van der Waals surface area contributed by atoms with Crippen LogP contribution in [-0.2, 0) is 6.54 Å². The van der Waals surface area contributed by atoms with E-state index in [2.05, 4.69) is 50.1 Å². The second-order valence-electron chi connectivity index (χ2n) is 5.00. The molecule has 0 aliphatic heterocycles. The molecule has 0 heterocycles. The molecule has 17 heavy (non-hydrogen) atoms. The van der Waals surface area contributed by atoms with E-state index < -0.39 is 0 Å². The van der Waals surface area contributed by atoms with Crippen molar-refractivity contribution in [1.82, 2.24) is 5.32 Å². The third-order valence-electron chi connectivity index (χ3n) is 2.18. The molecule has 0 radical (unpaired) electrons. The van der Waals surface area contributed by atoms with Crippen molar-refractivity contribution in [3.63, 3.8) is 0 Å². The number of aliphatic imine (C=N–C) groups is 1. The van der Waals surface area contributed by atoms with E-state index in [0.29, 0.717) is 12.5 Å². The number of nitrogens with zero attached hydrogens (tertiary/aromatic N) is 1. The summed E-state index contributed by atoms with van der Waals surface area (Å²) in [5.74, 6) is 0.496. The molecule has 0 saturated heterocycles. The zero-order valence-corrected chi connectivity index (χ0v) is 13.3. The fourth-order valence-corrected chi connectivity index (χ4v) is 1.38. The van der Waals surface area contributed by atoms with Gasteiger partial charge in [-0.3, -0.25) is 0 Å². The first-order chi connectivity index (χ1) is 7.38. The number of rotatable bonds is 2. The highest BCUT2D eigenvalue weighted by molar-refractivity contribution is 14.0. The molecule has 0 unspecified atom stereocenters. The van der Waals surface area contributed by atoms with E-state index in [1.807, 2.05) is 12.1 Å². The normalized spacial score (nSPS) is 11.9. The van der Waals surface area contributed by atoms with Crippen LogP contribution in [0, 0.1) is 6.92 Å². The topological polar surface area (TPSA) is 50.4 Å². The highest BCUT2D eigenvalue weighted by atomic mass is 127. The number of benzene rings is 1. The maximum absolute atomic E-state index is 5.80. The van der Waals surface area contributed by atoms with Gasteiger partial charge in [0.25, 0.3) is 0 Å². The maximum atomic E-state index is 5.80. The number of nitrogens with two attached hydrogens (primary N) is 1. The summed E-state index contributed by atoms with van der Waals surface area (Å²) in [6.45, 7) is 8.88. The molecule has 96 valence electrons. The molecule has 1 rings (SSSR count). The maximum Gasteiger partial charge on any atom is 0.189 e. The van der Waals surface area contributed by atoms with Crippen LogP contribution in [0.4, 0.5) is 0 Å². The van der Waals surface area contributed by atoms with Gasteiger partial charge >= 0.3 is 0 Å². The summed E-state index contributed by atoms with van der Waals surface area (Å²) < 4.78 is 0. The molecule has 1 aromatic rings. The van der Waals surface area contributed by atoms with Gasteiger partial charge in [-0.1, -0.05) is 24.3 Å². The molecule has 3 nitrogen and oxygen atoms in total. The van der Waals surface area contributed by atoms with Crippen molar-refractivity contribution in [2.75, 3.05) is 0 Å². The van der Waals surface area contributed by atoms with Crippen LogP contribution in [0.1, 0.15) is 31.9 Å². The Kier molecular flexibility index (Phi) is 6.52. The second-order valence-corrected chi connectivity index (χ2v) is 5.00. The van der Waals surface area contributed by atoms with E-state index in [1.54, 1.807) is 0 Å². The van der Waals surface area contributed by atoms with Crippen molar-refractivity contribution >= 4 is 29.9 Å². The Hall–Kier alpha value is -0.780. The van der Waals surface area contributed by atoms with Crippen molar-refractivity contribution in [3.05, 3.63) is 35.4 Å². The first-order valence-corrected chi connectivity index (χ1v) is 5.51.